The Labute approximate surface area is 116 Å². The molecule has 0 radical (unpaired) electrons. The number of carbonyl (C=O) groups is 1. The third-order valence-corrected chi connectivity index (χ3v) is 3.34. The van der Waals surface area contributed by atoms with E-state index in [2.05, 4.69) is 21.2 Å². The van der Waals surface area contributed by atoms with Crippen LogP contribution < -0.4 is 5.32 Å². The van der Waals surface area contributed by atoms with Gasteiger partial charge in [0.25, 0.3) is 5.91 Å². The van der Waals surface area contributed by atoms with Gasteiger partial charge in [0.15, 0.2) is 0 Å². The summed E-state index contributed by atoms with van der Waals surface area (Å²) in [5.74, 6) is -0.0795. The van der Waals surface area contributed by atoms with E-state index in [1.54, 1.807) is 13.2 Å². The molecule has 100 valence electrons. The molecule has 0 aliphatic rings. The zero-order valence-electron chi connectivity index (χ0n) is 10.7. The zero-order valence-corrected chi connectivity index (χ0v) is 12.2. The fourth-order valence-electron chi connectivity index (χ4n) is 1.43. The Bertz CT molecular complexity index is 396. The molecule has 0 aliphatic carbocycles. The van der Waals surface area contributed by atoms with Crippen LogP contribution in [0.4, 0.5) is 0 Å². The van der Waals surface area contributed by atoms with Gasteiger partial charge in [-0.05, 0) is 24.6 Å². The summed E-state index contributed by atoms with van der Waals surface area (Å²) in [6.45, 7) is 4.01. The lowest BCUT2D eigenvalue weighted by molar-refractivity contribution is 0.0692. The second-order valence-electron chi connectivity index (χ2n) is 3.77. The number of benzene rings is 1. The molecule has 1 amide bonds. The Balaban J connectivity index is 2.35. The van der Waals surface area contributed by atoms with Gasteiger partial charge in [0.2, 0.25) is 0 Å². The first-order chi connectivity index (χ1) is 8.66. The maximum atomic E-state index is 11.9. The predicted octanol–water partition coefficient (Wildman–Crippen LogP) is 2.15. The average Bonchev–Trinajstić information content (AvgIpc) is 2.36. The van der Waals surface area contributed by atoms with Gasteiger partial charge in [0.05, 0.1) is 19.8 Å². The lowest BCUT2D eigenvalue weighted by Gasteiger charge is -2.09. The number of halogens is 1. The third-order valence-electron chi connectivity index (χ3n) is 2.48. The minimum Gasteiger partial charge on any atom is -0.382 e. The summed E-state index contributed by atoms with van der Waals surface area (Å²) in [5.41, 5.74) is 1.62. The zero-order chi connectivity index (χ0) is 13.4. The molecule has 0 unspecified atom stereocenters. The highest BCUT2D eigenvalue weighted by Crippen LogP contribution is 2.19. The second-order valence-corrected chi connectivity index (χ2v) is 4.63. The minimum absolute atomic E-state index is 0.0795. The van der Waals surface area contributed by atoms with Gasteiger partial charge >= 0.3 is 0 Å². The van der Waals surface area contributed by atoms with Crippen LogP contribution in [0.1, 0.15) is 15.9 Å². The third kappa shape index (κ3) is 4.76. The maximum absolute atomic E-state index is 11.9. The maximum Gasteiger partial charge on any atom is 0.251 e. The molecular formula is C13H18BrNO3. The molecule has 0 spiro atoms. The highest BCUT2D eigenvalue weighted by molar-refractivity contribution is 9.10. The van der Waals surface area contributed by atoms with Crippen molar-refractivity contribution in [1.82, 2.24) is 5.32 Å². The first kappa shape index (κ1) is 15.1. The van der Waals surface area contributed by atoms with Crippen LogP contribution >= 0.6 is 15.9 Å². The number of methoxy groups -OCH3 is 1. The van der Waals surface area contributed by atoms with Crippen LogP contribution in [0.5, 0.6) is 0 Å². The largest absolute Gasteiger partial charge is 0.382 e. The summed E-state index contributed by atoms with van der Waals surface area (Å²) >= 11 is 3.41. The molecule has 0 bridgehead atoms. The van der Waals surface area contributed by atoms with Gasteiger partial charge in [0.1, 0.15) is 0 Å². The van der Waals surface area contributed by atoms with Crippen LogP contribution in [0.15, 0.2) is 22.7 Å². The monoisotopic (exact) mass is 315 g/mol. The summed E-state index contributed by atoms with van der Waals surface area (Å²) in [6.07, 6.45) is 0. The van der Waals surface area contributed by atoms with Crippen molar-refractivity contribution in [3.63, 3.8) is 0 Å². The van der Waals surface area contributed by atoms with E-state index in [9.17, 15) is 4.79 Å². The first-order valence-electron chi connectivity index (χ1n) is 5.76. The Morgan fingerprint density at radius 3 is 2.83 bits per heavy atom. The molecule has 1 aromatic carbocycles. The normalized spacial score (nSPS) is 10.4. The molecule has 0 aliphatic heterocycles. The van der Waals surface area contributed by atoms with Crippen LogP contribution in [0.2, 0.25) is 0 Å². The van der Waals surface area contributed by atoms with Gasteiger partial charge < -0.3 is 14.8 Å². The van der Waals surface area contributed by atoms with Crippen LogP contribution in [-0.2, 0) is 9.47 Å². The summed E-state index contributed by atoms with van der Waals surface area (Å²) in [5, 5.41) is 2.82. The fraction of sp³-hybridized carbons (Fsp3) is 0.462. The van der Waals surface area contributed by atoms with Crippen LogP contribution in [0.3, 0.4) is 0 Å². The lowest BCUT2D eigenvalue weighted by Crippen LogP contribution is -2.28. The van der Waals surface area contributed by atoms with Crippen LogP contribution in [0.25, 0.3) is 0 Å². The molecule has 0 aromatic heterocycles. The number of ether oxygens (including phenoxy) is 2. The predicted molar refractivity (Wildman–Crippen MR) is 73.9 cm³/mol. The van der Waals surface area contributed by atoms with Gasteiger partial charge in [-0.25, -0.2) is 0 Å². The Kier molecular flexibility index (Phi) is 6.93. The fourth-order valence-corrected chi connectivity index (χ4v) is 1.80. The standard InChI is InChI=1S/C13H18BrNO3/c1-10-11(4-3-5-12(10)14)13(16)15-6-7-18-9-8-17-2/h3-5H,6-9H2,1-2H3,(H,15,16). The SMILES string of the molecule is COCCOCCNC(=O)c1cccc(Br)c1C. The van der Waals surface area contributed by atoms with Gasteiger partial charge in [-0.2, -0.15) is 0 Å². The summed E-state index contributed by atoms with van der Waals surface area (Å²) < 4.78 is 11.1. The van der Waals surface area contributed by atoms with Gasteiger partial charge in [-0.1, -0.05) is 22.0 Å². The minimum atomic E-state index is -0.0795. The molecule has 0 atom stereocenters. The van der Waals surface area contributed by atoms with Crippen LogP contribution in [0, 0.1) is 6.92 Å². The van der Waals surface area contributed by atoms with Crippen molar-refractivity contribution in [2.45, 2.75) is 6.92 Å². The Morgan fingerprint density at radius 2 is 2.11 bits per heavy atom. The number of amides is 1. The van der Waals surface area contributed by atoms with Crippen molar-refractivity contribution in [3.8, 4) is 0 Å². The van der Waals surface area contributed by atoms with Gasteiger partial charge in [-0.15, -0.1) is 0 Å². The molecule has 1 rings (SSSR count). The number of rotatable bonds is 7. The van der Waals surface area contributed by atoms with Crippen molar-refractivity contribution < 1.29 is 14.3 Å². The summed E-state index contributed by atoms with van der Waals surface area (Å²) in [4.78, 5) is 11.9. The molecule has 0 fully saturated rings. The van der Waals surface area contributed by atoms with Crippen molar-refractivity contribution in [2.75, 3.05) is 33.5 Å². The number of carbonyl (C=O) groups excluding carboxylic acids is 1. The molecule has 1 aromatic rings. The number of hydrogen-bond donors (Lipinski definition) is 1. The smallest absolute Gasteiger partial charge is 0.251 e. The molecule has 1 N–H and O–H groups in total. The van der Waals surface area contributed by atoms with Crippen molar-refractivity contribution in [3.05, 3.63) is 33.8 Å². The van der Waals surface area contributed by atoms with Gasteiger partial charge in [-0.3, -0.25) is 4.79 Å². The topological polar surface area (TPSA) is 47.6 Å². The van der Waals surface area contributed by atoms with E-state index < -0.39 is 0 Å². The lowest BCUT2D eigenvalue weighted by atomic mass is 10.1. The highest BCUT2D eigenvalue weighted by atomic mass is 79.9. The van der Waals surface area contributed by atoms with E-state index in [4.69, 9.17) is 9.47 Å². The van der Waals surface area contributed by atoms with E-state index >= 15 is 0 Å². The van der Waals surface area contributed by atoms with Gasteiger partial charge in [0, 0.05) is 23.7 Å². The number of nitrogens with one attached hydrogen (secondary N) is 1. The van der Waals surface area contributed by atoms with E-state index in [1.165, 1.54) is 0 Å². The number of hydrogen-bond acceptors (Lipinski definition) is 3. The molecule has 0 heterocycles. The first-order valence-corrected chi connectivity index (χ1v) is 6.56. The van der Waals surface area contributed by atoms with E-state index in [0.717, 1.165) is 10.0 Å². The quantitative estimate of drug-likeness (QED) is 0.784. The van der Waals surface area contributed by atoms with Crippen LogP contribution in [-0.4, -0.2) is 39.4 Å². The Hall–Kier alpha value is -0.910. The van der Waals surface area contributed by atoms with E-state index in [0.29, 0.717) is 31.9 Å². The molecule has 5 heteroatoms. The Morgan fingerprint density at radius 1 is 1.33 bits per heavy atom. The van der Waals surface area contributed by atoms with Crippen molar-refractivity contribution in [2.24, 2.45) is 0 Å². The second kappa shape index (κ2) is 8.24. The summed E-state index contributed by atoms with van der Waals surface area (Å²) in [6, 6.07) is 5.57. The molecule has 0 saturated carbocycles. The average molecular weight is 316 g/mol. The molecule has 0 saturated heterocycles. The molecule has 4 nitrogen and oxygen atoms in total. The molecular weight excluding hydrogens is 298 g/mol. The van der Waals surface area contributed by atoms with Crippen molar-refractivity contribution >= 4 is 21.8 Å². The van der Waals surface area contributed by atoms with Crippen molar-refractivity contribution in [1.29, 1.82) is 0 Å². The van der Waals surface area contributed by atoms with E-state index in [1.807, 2.05) is 19.1 Å². The highest BCUT2D eigenvalue weighted by Gasteiger charge is 2.09. The van der Waals surface area contributed by atoms with E-state index in [-0.39, 0.29) is 5.91 Å². The molecule has 18 heavy (non-hydrogen) atoms. The summed E-state index contributed by atoms with van der Waals surface area (Å²) in [7, 11) is 1.63.